The van der Waals surface area contributed by atoms with Gasteiger partial charge in [-0.3, -0.25) is 10.1 Å². The highest BCUT2D eigenvalue weighted by molar-refractivity contribution is 9.10. The van der Waals surface area contributed by atoms with Crippen LogP contribution in [0.4, 0.5) is 11.4 Å². The van der Waals surface area contributed by atoms with Crippen molar-refractivity contribution < 1.29 is 10.0 Å². The standard InChI is InChI=1S/C13H17BrN2O3S/c1-2-20-12-5-6-13(12,17)8-15-11-4-3-9(16(18)19)7-10(11)14/h3-4,7,12,15,17H,2,5-6,8H2,1H3. The summed E-state index contributed by atoms with van der Waals surface area (Å²) >= 11 is 5.09. The fourth-order valence-corrected chi connectivity index (χ4v) is 3.95. The first kappa shape index (κ1) is 15.6. The molecule has 1 aliphatic carbocycles. The predicted molar refractivity (Wildman–Crippen MR) is 85.4 cm³/mol. The minimum absolute atomic E-state index is 0.0456. The highest BCUT2D eigenvalue weighted by Gasteiger charge is 2.44. The summed E-state index contributed by atoms with van der Waals surface area (Å²) in [6.07, 6.45) is 1.83. The second kappa shape index (κ2) is 6.32. The predicted octanol–water partition coefficient (Wildman–Crippen LogP) is 3.42. The molecule has 0 spiro atoms. The van der Waals surface area contributed by atoms with Crippen molar-refractivity contribution in [3.05, 3.63) is 32.8 Å². The smallest absolute Gasteiger partial charge is 0.270 e. The van der Waals surface area contributed by atoms with Crippen LogP contribution in [0.5, 0.6) is 0 Å². The maximum Gasteiger partial charge on any atom is 0.270 e. The van der Waals surface area contributed by atoms with Crippen LogP contribution in [0.2, 0.25) is 0 Å². The van der Waals surface area contributed by atoms with E-state index >= 15 is 0 Å². The monoisotopic (exact) mass is 360 g/mol. The largest absolute Gasteiger partial charge is 0.387 e. The van der Waals surface area contributed by atoms with Crippen molar-refractivity contribution in [2.24, 2.45) is 0 Å². The van der Waals surface area contributed by atoms with Crippen LogP contribution in [-0.4, -0.2) is 33.2 Å². The molecule has 110 valence electrons. The molecular weight excluding hydrogens is 344 g/mol. The lowest BCUT2D eigenvalue weighted by atomic mass is 9.79. The molecule has 1 aromatic rings. The maximum atomic E-state index is 10.7. The molecule has 5 nitrogen and oxygen atoms in total. The van der Waals surface area contributed by atoms with E-state index in [-0.39, 0.29) is 10.9 Å². The van der Waals surface area contributed by atoms with E-state index in [4.69, 9.17) is 0 Å². The van der Waals surface area contributed by atoms with Gasteiger partial charge in [0.15, 0.2) is 0 Å². The molecule has 0 bridgehead atoms. The molecule has 0 amide bonds. The highest BCUT2D eigenvalue weighted by atomic mass is 79.9. The van der Waals surface area contributed by atoms with E-state index in [9.17, 15) is 15.2 Å². The number of nitrogens with zero attached hydrogens (tertiary/aromatic N) is 1. The van der Waals surface area contributed by atoms with Crippen molar-refractivity contribution in [1.29, 1.82) is 0 Å². The molecule has 1 aromatic carbocycles. The third kappa shape index (κ3) is 3.27. The summed E-state index contributed by atoms with van der Waals surface area (Å²) < 4.78 is 0.634. The Labute approximate surface area is 130 Å². The van der Waals surface area contributed by atoms with Crippen molar-refractivity contribution >= 4 is 39.1 Å². The fraction of sp³-hybridized carbons (Fsp3) is 0.538. The van der Waals surface area contributed by atoms with Crippen LogP contribution in [0.25, 0.3) is 0 Å². The first-order valence-corrected chi connectivity index (χ1v) is 8.32. The summed E-state index contributed by atoms with van der Waals surface area (Å²) in [5.41, 5.74) is 0.127. The first-order chi connectivity index (χ1) is 9.46. The Morgan fingerprint density at radius 1 is 1.65 bits per heavy atom. The number of halogens is 1. The molecule has 7 heteroatoms. The summed E-state index contributed by atoms with van der Waals surface area (Å²) in [4.78, 5) is 10.2. The van der Waals surface area contributed by atoms with Gasteiger partial charge in [-0.15, -0.1) is 0 Å². The van der Waals surface area contributed by atoms with Gasteiger partial charge in [0.1, 0.15) is 0 Å². The second-order valence-corrected chi connectivity index (χ2v) is 7.20. The Morgan fingerprint density at radius 3 is 2.90 bits per heavy atom. The molecule has 0 aliphatic heterocycles. The van der Waals surface area contributed by atoms with Gasteiger partial charge in [0, 0.05) is 34.1 Å². The van der Waals surface area contributed by atoms with Crippen LogP contribution >= 0.6 is 27.7 Å². The van der Waals surface area contributed by atoms with Crippen molar-refractivity contribution in [1.82, 2.24) is 0 Å². The average Bonchev–Trinajstić information content (AvgIpc) is 2.41. The number of thioether (sulfide) groups is 1. The first-order valence-electron chi connectivity index (χ1n) is 6.48. The minimum atomic E-state index is -0.679. The maximum absolute atomic E-state index is 10.7. The van der Waals surface area contributed by atoms with Crippen LogP contribution < -0.4 is 5.32 Å². The Bertz CT molecular complexity index is 514. The van der Waals surface area contributed by atoms with E-state index in [1.807, 2.05) is 0 Å². The van der Waals surface area contributed by atoms with E-state index < -0.39 is 10.5 Å². The molecule has 2 unspecified atom stereocenters. The summed E-state index contributed by atoms with van der Waals surface area (Å²) in [5, 5.41) is 24.6. The minimum Gasteiger partial charge on any atom is -0.387 e. The number of nitrogens with one attached hydrogen (secondary N) is 1. The number of benzene rings is 1. The van der Waals surface area contributed by atoms with Gasteiger partial charge in [0.25, 0.3) is 5.69 Å². The molecule has 2 rings (SSSR count). The number of hydrogen-bond donors (Lipinski definition) is 2. The van der Waals surface area contributed by atoms with Gasteiger partial charge >= 0.3 is 0 Å². The van der Waals surface area contributed by atoms with Crippen molar-refractivity contribution in [3.8, 4) is 0 Å². The lowest BCUT2D eigenvalue weighted by molar-refractivity contribution is -0.384. The van der Waals surface area contributed by atoms with E-state index in [2.05, 4.69) is 28.2 Å². The molecule has 1 aliphatic rings. The number of aliphatic hydroxyl groups is 1. The van der Waals surface area contributed by atoms with E-state index in [0.717, 1.165) is 24.3 Å². The number of nitro benzene ring substituents is 1. The molecule has 2 atom stereocenters. The molecule has 0 heterocycles. The van der Waals surface area contributed by atoms with Crippen LogP contribution in [0, 0.1) is 10.1 Å². The molecule has 0 saturated heterocycles. The zero-order valence-electron chi connectivity index (χ0n) is 11.1. The summed E-state index contributed by atoms with van der Waals surface area (Å²) in [6, 6.07) is 4.58. The molecule has 1 saturated carbocycles. The van der Waals surface area contributed by atoms with Crippen LogP contribution in [0.15, 0.2) is 22.7 Å². The summed E-state index contributed by atoms with van der Waals surface area (Å²) in [7, 11) is 0. The van der Waals surface area contributed by atoms with Crippen LogP contribution in [0.3, 0.4) is 0 Å². The molecule has 1 fully saturated rings. The average molecular weight is 361 g/mol. The molecule has 20 heavy (non-hydrogen) atoms. The number of rotatable bonds is 6. The highest BCUT2D eigenvalue weighted by Crippen LogP contribution is 2.41. The molecule has 0 radical (unpaired) electrons. The number of nitro groups is 1. The van der Waals surface area contributed by atoms with E-state index in [1.54, 1.807) is 17.8 Å². The topological polar surface area (TPSA) is 75.4 Å². The zero-order chi connectivity index (χ0) is 14.8. The van der Waals surface area contributed by atoms with Crippen LogP contribution in [-0.2, 0) is 0 Å². The van der Waals surface area contributed by atoms with Gasteiger partial charge in [-0.2, -0.15) is 11.8 Å². The Balaban J connectivity index is 1.99. The Morgan fingerprint density at radius 2 is 2.40 bits per heavy atom. The van der Waals surface area contributed by atoms with Crippen molar-refractivity contribution in [3.63, 3.8) is 0 Å². The second-order valence-electron chi connectivity index (χ2n) is 4.86. The Hall–Kier alpha value is -0.790. The number of anilines is 1. The van der Waals surface area contributed by atoms with Gasteiger partial charge in [-0.25, -0.2) is 0 Å². The normalized spacial score (nSPS) is 25.1. The number of non-ortho nitro benzene ring substituents is 1. The van der Waals surface area contributed by atoms with Gasteiger partial charge in [0.05, 0.1) is 10.5 Å². The van der Waals surface area contributed by atoms with Crippen molar-refractivity contribution in [2.75, 3.05) is 17.6 Å². The molecular formula is C13H17BrN2O3S. The third-order valence-electron chi connectivity index (χ3n) is 3.56. The van der Waals surface area contributed by atoms with E-state index in [1.165, 1.54) is 12.1 Å². The molecule has 0 aromatic heterocycles. The van der Waals surface area contributed by atoms with Gasteiger partial charge in [0.2, 0.25) is 0 Å². The quantitative estimate of drug-likeness (QED) is 0.600. The van der Waals surface area contributed by atoms with Crippen LogP contribution in [0.1, 0.15) is 19.8 Å². The summed E-state index contributed by atoms with van der Waals surface area (Å²) in [5.74, 6) is 0.994. The van der Waals surface area contributed by atoms with Gasteiger partial charge < -0.3 is 10.4 Å². The Kier molecular flexibility index (Phi) is 4.93. The lowest BCUT2D eigenvalue weighted by Crippen LogP contribution is -2.54. The number of hydrogen-bond acceptors (Lipinski definition) is 5. The molecule has 2 N–H and O–H groups in total. The van der Waals surface area contributed by atoms with Gasteiger partial charge in [-0.1, -0.05) is 6.92 Å². The SMILES string of the molecule is CCSC1CCC1(O)CNc1ccc([N+](=O)[O-])cc1Br. The zero-order valence-corrected chi connectivity index (χ0v) is 13.5. The van der Waals surface area contributed by atoms with E-state index in [0.29, 0.717) is 11.0 Å². The van der Waals surface area contributed by atoms with Gasteiger partial charge in [-0.05, 0) is 40.6 Å². The van der Waals surface area contributed by atoms with Crippen molar-refractivity contribution in [2.45, 2.75) is 30.6 Å². The third-order valence-corrected chi connectivity index (χ3v) is 5.62. The lowest BCUT2D eigenvalue weighted by Gasteiger charge is -2.45. The fourth-order valence-electron chi connectivity index (χ4n) is 2.25. The summed E-state index contributed by atoms with van der Waals surface area (Å²) in [6.45, 7) is 2.55.